The molecule has 8 heteroatoms. The van der Waals surface area contributed by atoms with Crippen molar-refractivity contribution in [2.75, 3.05) is 5.32 Å². The third-order valence-corrected chi connectivity index (χ3v) is 6.81. The lowest BCUT2D eigenvalue weighted by molar-refractivity contribution is -0.120. The number of nitrogens with one attached hydrogen (secondary N) is 2. The molecule has 1 unspecified atom stereocenters. The molecule has 2 amide bonds. The summed E-state index contributed by atoms with van der Waals surface area (Å²) in [6.07, 6.45) is 0. The van der Waals surface area contributed by atoms with Gasteiger partial charge < -0.3 is 10.6 Å². The summed E-state index contributed by atoms with van der Waals surface area (Å²) in [7, 11) is 0. The van der Waals surface area contributed by atoms with Gasteiger partial charge in [-0.25, -0.2) is 4.98 Å². The van der Waals surface area contributed by atoms with Gasteiger partial charge in [0.25, 0.3) is 0 Å². The summed E-state index contributed by atoms with van der Waals surface area (Å²) in [6, 6.07) is 19.4. The maximum atomic E-state index is 12.9. The highest BCUT2D eigenvalue weighted by Crippen LogP contribution is 2.31. The summed E-state index contributed by atoms with van der Waals surface area (Å²) >= 11 is 1.43. The number of carbonyl (C=O) groups excluding carboxylic acids is 2. The summed E-state index contributed by atoms with van der Waals surface area (Å²) in [5, 5.41) is 16.0. The molecule has 0 saturated heterocycles. The van der Waals surface area contributed by atoms with E-state index in [1.807, 2.05) is 86.7 Å². The molecule has 1 atom stereocenters. The fourth-order valence-corrected chi connectivity index (χ4v) is 4.84. The molecule has 0 saturated carbocycles. The van der Waals surface area contributed by atoms with Crippen molar-refractivity contribution < 1.29 is 9.59 Å². The molecule has 178 valence electrons. The van der Waals surface area contributed by atoms with Crippen molar-refractivity contribution in [1.82, 2.24) is 14.7 Å². The lowest BCUT2D eigenvalue weighted by atomic mass is 10.1. The number of hydrogen-bond donors (Lipinski definition) is 2. The summed E-state index contributed by atoms with van der Waals surface area (Å²) in [5.74, 6) is -0.264. The molecule has 35 heavy (non-hydrogen) atoms. The average Bonchev–Trinajstić information content (AvgIpc) is 3.22. The van der Waals surface area contributed by atoms with Gasteiger partial charge in [-0.05, 0) is 55.3 Å². The molecule has 4 rings (SSSR count). The zero-order chi connectivity index (χ0) is 25.1. The van der Waals surface area contributed by atoms with Crippen LogP contribution < -0.4 is 10.6 Å². The fraction of sp³-hybridized carbons (Fsp3) is 0.259. The minimum absolute atomic E-state index is 0.0488. The Balaban J connectivity index is 1.51. The van der Waals surface area contributed by atoms with Gasteiger partial charge in [0.2, 0.25) is 11.8 Å². The monoisotopic (exact) mass is 485 g/mol. The first-order valence-electron chi connectivity index (χ1n) is 11.4. The van der Waals surface area contributed by atoms with Crippen molar-refractivity contribution in [2.45, 2.75) is 44.5 Å². The van der Waals surface area contributed by atoms with Crippen LogP contribution >= 0.6 is 11.8 Å². The van der Waals surface area contributed by atoms with Gasteiger partial charge in [-0.3, -0.25) is 14.0 Å². The number of rotatable bonds is 7. The summed E-state index contributed by atoms with van der Waals surface area (Å²) in [5.41, 5.74) is 5.27. The van der Waals surface area contributed by atoms with E-state index < -0.39 is 0 Å². The minimum Gasteiger partial charge on any atom is -0.351 e. The van der Waals surface area contributed by atoms with Crippen LogP contribution in [0.25, 0.3) is 16.7 Å². The van der Waals surface area contributed by atoms with Crippen LogP contribution in [-0.4, -0.2) is 26.4 Å². The van der Waals surface area contributed by atoms with Crippen molar-refractivity contribution in [1.29, 1.82) is 5.26 Å². The number of carbonyl (C=O) groups is 2. The Morgan fingerprint density at radius 3 is 2.60 bits per heavy atom. The van der Waals surface area contributed by atoms with Crippen molar-refractivity contribution in [2.24, 2.45) is 5.92 Å². The lowest BCUT2D eigenvalue weighted by Gasteiger charge is -2.15. The molecule has 0 aliphatic carbocycles. The standard InChI is InChI=1S/C27H27N5O2S/c1-16(2)26(33)30-20-9-7-8-19(13-20)15-29-27(34)18(4)35-24-12-17(3)21(14-28)25-31-22-10-5-6-11-23(22)32(24)25/h5-13,16,18H,15H2,1-4H3,(H,29,34)(H,30,33). The van der Waals surface area contributed by atoms with Gasteiger partial charge in [-0.2, -0.15) is 5.26 Å². The Bertz CT molecular complexity index is 1470. The summed E-state index contributed by atoms with van der Waals surface area (Å²) in [6.45, 7) is 7.78. The van der Waals surface area contributed by atoms with Crippen LogP contribution in [0.5, 0.6) is 0 Å². The SMILES string of the molecule is Cc1cc(SC(C)C(=O)NCc2cccc(NC(=O)C(C)C)c2)n2c(nc3ccccc32)c1C#N. The predicted octanol–water partition coefficient (Wildman–Crippen LogP) is 5.06. The average molecular weight is 486 g/mol. The van der Waals surface area contributed by atoms with Gasteiger partial charge in [0.1, 0.15) is 6.07 Å². The van der Waals surface area contributed by atoms with Gasteiger partial charge in [-0.1, -0.05) is 49.9 Å². The molecule has 7 nitrogen and oxygen atoms in total. The zero-order valence-electron chi connectivity index (χ0n) is 20.1. The van der Waals surface area contributed by atoms with Gasteiger partial charge in [0.15, 0.2) is 5.65 Å². The Labute approximate surface area is 208 Å². The van der Waals surface area contributed by atoms with E-state index in [1.165, 1.54) is 11.8 Å². The second-order valence-corrected chi connectivity index (χ2v) is 10.1. The first kappa shape index (κ1) is 24.3. The van der Waals surface area contributed by atoms with E-state index in [9.17, 15) is 14.9 Å². The number of amides is 2. The van der Waals surface area contributed by atoms with Gasteiger partial charge >= 0.3 is 0 Å². The Hall–Kier alpha value is -3.83. The number of thioether (sulfide) groups is 1. The van der Waals surface area contributed by atoms with E-state index in [1.54, 1.807) is 0 Å². The normalized spacial score (nSPS) is 12.0. The third-order valence-electron chi connectivity index (χ3n) is 5.70. The van der Waals surface area contributed by atoms with E-state index in [0.29, 0.717) is 23.4 Å². The maximum Gasteiger partial charge on any atom is 0.233 e. The van der Waals surface area contributed by atoms with Gasteiger partial charge in [-0.15, -0.1) is 0 Å². The molecule has 0 fully saturated rings. The fourth-order valence-electron chi connectivity index (χ4n) is 3.75. The number of imidazole rings is 1. The Morgan fingerprint density at radius 1 is 1.09 bits per heavy atom. The molecular weight excluding hydrogens is 458 g/mol. The van der Waals surface area contributed by atoms with Crippen LogP contribution in [0.1, 0.15) is 37.5 Å². The van der Waals surface area contributed by atoms with Crippen LogP contribution in [0.15, 0.2) is 59.6 Å². The third kappa shape index (κ3) is 5.15. The molecule has 4 aromatic rings. The number of aryl methyl sites for hydroxylation is 1. The molecule has 2 aromatic carbocycles. The zero-order valence-corrected chi connectivity index (χ0v) is 20.9. The second kappa shape index (κ2) is 10.2. The van der Waals surface area contributed by atoms with Crippen LogP contribution in [-0.2, 0) is 16.1 Å². The first-order chi connectivity index (χ1) is 16.8. The lowest BCUT2D eigenvalue weighted by Crippen LogP contribution is -2.30. The van der Waals surface area contributed by atoms with Crippen LogP contribution in [0.2, 0.25) is 0 Å². The van der Waals surface area contributed by atoms with E-state index in [-0.39, 0.29) is 23.0 Å². The van der Waals surface area contributed by atoms with Gasteiger partial charge in [0.05, 0.1) is 26.9 Å². The molecule has 0 aliphatic heterocycles. The summed E-state index contributed by atoms with van der Waals surface area (Å²) < 4.78 is 1.95. The van der Waals surface area contributed by atoms with E-state index >= 15 is 0 Å². The minimum atomic E-state index is -0.379. The Morgan fingerprint density at radius 2 is 1.86 bits per heavy atom. The van der Waals surface area contributed by atoms with E-state index in [0.717, 1.165) is 27.2 Å². The quantitative estimate of drug-likeness (QED) is 0.357. The van der Waals surface area contributed by atoms with E-state index in [2.05, 4.69) is 21.7 Å². The van der Waals surface area contributed by atoms with Crippen LogP contribution in [0.3, 0.4) is 0 Å². The molecule has 0 spiro atoms. The highest BCUT2D eigenvalue weighted by atomic mass is 32.2. The van der Waals surface area contributed by atoms with E-state index in [4.69, 9.17) is 0 Å². The summed E-state index contributed by atoms with van der Waals surface area (Å²) in [4.78, 5) is 29.6. The number of benzene rings is 2. The highest BCUT2D eigenvalue weighted by molar-refractivity contribution is 8.00. The van der Waals surface area contributed by atoms with Crippen molar-refractivity contribution >= 4 is 45.9 Å². The number of nitrogens with zero attached hydrogens (tertiary/aromatic N) is 3. The van der Waals surface area contributed by atoms with Crippen molar-refractivity contribution in [3.8, 4) is 6.07 Å². The number of anilines is 1. The molecule has 0 aliphatic rings. The molecule has 0 bridgehead atoms. The first-order valence-corrected chi connectivity index (χ1v) is 12.3. The molecule has 2 aromatic heterocycles. The smallest absolute Gasteiger partial charge is 0.233 e. The molecule has 2 heterocycles. The van der Waals surface area contributed by atoms with Crippen molar-refractivity contribution in [3.63, 3.8) is 0 Å². The number of fused-ring (bicyclic) bond motifs is 3. The topological polar surface area (TPSA) is 99.3 Å². The molecule has 2 N–H and O–H groups in total. The van der Waals surface area contributed by atoms with Gasteiger partial charge in [0, 0.05) is 18.2 Å². The van der Waals surface area contributed by atoms with Crippen LogP contribution in [0, 0.1) is 24.2 Å². The second-order valence-electron chi connectivity index (χ2n) is 8.73. The van der Waals surface area contributed by atoms with Crippen LogP contribution in [0.4, 0.5) is 5.69 Å². The highest BCUT2D eigenvalue weighted by Gasteiger charge is 2.20. The number of aromatic nitrogens is 2. The predicted molar refractivity (Wildman–Crippen MR) is 139 cm³/mol. The number of pyridine rings is 1. The largest absolute Gasteiger partial charge is 0.351 e. The number of hydrogen-bond acceptors (Lipinski definition) is 5. The van der Waals surface area contributed by atoms with Crippen molar-refractivity contribution in [3.05, 3.63) is 71.3 Å². The molecular formula is C27H27N5O2S. The number of para-hydroxylation sites is 2. The Kier molecular flexibility index (Phi) is 7.08. The maximum absolute atomic E-state index is 12.9. The molecule has 0 radical (unpaired) electrons. The number of nitriles is 1.